The first-order chi connectivity index (χ1) is 13.0. The van der Waals surface area contributed by atoms with E-state index in [9.17, 15) is 13.2 Å². The SMILES string of the molecule is COc1ccc(C(=O)Nc2ccccc2)cc1NS(=O)(=O)c1ccccc1. The molecule has 1 amide bonds. The summed E-state index contributed by atoms with van der Waals surface area (Å²) in [7, 11) is -2.38. The third kappa shape index (κ3) is 4.45. The molecule has 0 aromatic heterocycles. The smallest absolute Gasteiger partial charge is 0.262 e. The van der Waals surface area contributed by atoms with Crippen LogP contribution in [0.4, 0.5) is 11.4 Å². The minimum atomic E-state index is -3.81. The second-order valence-electron chi connectivity index (χ2n) is 5.65. The molecule has 6 nitrogen and oxygen atoms in total. The van der Waals surface area contributed by atoms with Crippen LogP contribution < -0.4 is 14.8 Å². The first-order valence-electron chi connectivity index (χ1n) is 8.12. The number of sulfonamides is 1. The molecule has 0 saturated heterocycles. The van der Waals surface area contributed by atoms with Crippen LogP contribution in [0.3, 0.4) is 0 Å². The van der Waals surface area contributed by atoms with Gasteiger partial charge in [0.25, 0.3) is 15.9 Å². The highest BCUT2D eigenvalue weighted by Gasteiger charge is 2.18. The number of ether oxygens (including phenoxy) is 1. The predicted molar refractivity (Wildman–Crippen MR) is 105 cm³/mol. The zero-order chi connectivity index (χ0) is 19.3. The van der Waals surface area contributed by atoms with Crippen molar-refractivity contribution >= 4 is 27.3 Å². The Hall–Kier alpha value is -3.32. The van der Waals surface area contributed by atoms with Gasteiger partial charge in [0.1, 0.15) is 5.75 Å². The lowest BCUT2D eigenvalue weighted by Crippen LogP contribution is -2.16. The lowest BCUT2D eigenvalue weighted by atomic mass is 10.1. The summed E-state index contributed by atoms with van der Waals surface area (Å²) >= 11 is 0. The molecule has 0 saturated carbocycles. The van der Waals surface area contributed by atoms with Crippen LogP contribution in [0.5, 0.6) is 5.75 Å². The van der Waals surface area contributed by atoms with Gasteiger partial charge in [-0.1, -0.05) is 36.4 Å². The maximum atomic E-state index is 12.6. The van der Waals surface area contributed by atoms with Crippen molar-refractivity contribution in [1.82, 2.24) is 0 Å². The number of methoxy groups -OCH3 is 1. The number of nitrogens with one attached hydrogen (secondary N) is 2. The Balaban J connectivity index is 1.89. The molecule has 3 rings (SSSR count). The Morgan fingerprint density at radius 1 is 0.889 bits per heavy atom. The molecule has 138 valence electrons. The number of benzene rings is 3. The van der Waals surface area contributed by atoms with E-state index in [0.717, 1.165) is 0 Å². The van der Waals surface area contributed by atoms with Crippen molar-refractivity contribution < 1.29 is 17.9 Å². The van der Waals surface area contributed by atoms with Gasteiger partial charge in [-0.05, 0) is 42.5 Å². The maximum Gasteiger partial charge on any atom is 0.262 e. The van der Waals surface area contributed by atoms with Crippen LogP contribution in [-0.4, -0.2) is 21.4 Å². The van der Waals surface area contributed by atoms with Gasteiger partial charge in [-0.25, -0.2) is 8.42 Å². The van der Waals surface area contributed by atoms with Gasteiger partial charge in [-0.15, -0.1) is 0 Å². The van der Waals surface area contributed by atoms with Crippen LogP contribution in [0.1, 0.15) is 10.4 Å². The molecule has 0 radical (unpaired) electrons. The standard InChI is InChI=1S/C20H18N2O4S/c1-26-19-13-12-15(20(23)21-16-8-4-2-5-9-16)14-18(19)22-27(24,25)17-10-6-3-7-11-17/h2-14,22H,1H3,(H,21,23). The van der Waals surface area contributed by atoms with Gasteiger partial charge in [0.15, 0.2) is 0 Å². The molecule has 0 fully saturated rings. The summed E-state index contributed by atoms with van der Waals surface area (Å²) in [5.74, 6) is -0.0465. The number of hydrogen-bond donors (Lipinski definition) is 2. The van der Waals surface area contributed by atoms with E-state index in [1.54, 1.807) is 42.5 Å². The van der Waals surface area contributed by atoms with Crippen LogP contribution in [0.15, 0.2) is 83.8 Å². The van der Waals surface area contributed by atoms with Gasteiger partial charge in [0.05, 0.1) is 17.7 Å². The van der Waals surface area contributed by atoms with Crippen LogP contribution >= 0.6 is 0 Å². The highest BCUT2D eigenvalue weighted by atomic mass is 32.2. The third-order valence-corrected chi connectivity index (χ3v) is 5.17. The monoisotopic (exact) mass is 382 g/mol. The second-order valence-corrected chi connectivity index (χ2v) is 7.34. The number of amides is 1. The zero-order valence-electron chi connectivity index (χ0n) is 14.5. The van der Waals surface area contributed by atoms with Crippen molar-refractivity contribution in [3.8, 4) is 5.75 Å². The zero-order valence-corrected chi connectivity index (χ0v) is 15.4. The molecule has 0 atom stereocenters. The number of hydrogen-bond acceptors (Lipinski definition) is 4. The first-order valence-corrected chi connectivity index (χ1v) is 9.60. The molecule has 0 spiro atoms. The van der Waals surface area contributed by atoms with Gasteiger partial charge < -0.3 is 10.1 Å². The molecule has 0 aliphatic heterocycles. The van der Waals surface area contributed by atoms with E-state index in [0.29, 0.717) is 17.0 Å². The highest BCUT2D eigenvalue weighted by Crippen LogP contribution is 2.28. The summed E-state index contributed by atoms with van der Waals surface area (Å²) in [6, 6.07) is 21.5. The molecule has 27 heavy (non-hydrogen) atoms. The van der Waals surface area contributed by atoms with Crippen molar-refractivity contribution in [2.24, 2.45) is 0 Å². The summed E-state index contributed by atoms with van der Waals surface area (Å²) in [5.41, 5.74) is 1.12. The van der Waals surface area contributed by atoms with Crippen LogP contribution in [-0.2, 0) is 10.0 Å². The van der Waals surface area contributed by atoms with E-state index >= 15 is 0 Å². The Morgan fingerprint density at radius 3 is 2.15 bits per heavy atom. The van der Waals surface area contributed by atoms with Gasteiger partial charge in [-0.2, -0.15) is 0 Å². The number of carbonyl (C=O) groups is 1. The van der Waals surface area contributed by atoms with Crippen molar-refractivity contribution in [3.05, 3.63) is 84.4 Å². The van der Waals surface area contributed by atoms with E-state index in [-0.39, 0.29) is 16.5 Å². The van der Waals surface area contributed by atoms with E-state index in [1.807, 2.05) is 18.2 Å². The Labute approximate surface area is 157 Å². The second kappa shape index (κ2) is 7.92. The molecule has 0 aliphatic rings. The fraction of sp³-hybridized carbons (Fsp3) is 0.0500. The van der Waals surface area contributed by atoms with E-state index in [2.05, 4.69) is 10.0 Å². The maximum absolute atomic E-state index is 12.6. The minimum absolute atomic E-state index is 0.117. The molecular formula is C20H18N2O4S. The van der Waals surface area contributed by atoms with Crippen molar-refractivity contribution in [1.29, 1.82) is 0 Å². The molecular weight excluding hydrogens is 364 g/mol. The number of rotatable bonds is 6. The molecule has 0 aliphatic carbocycles. The average Bonchev–Trinajstić information content (AvgIpc) is 2.69. The summed E-state index contributed by atoms with van der Waals surface area (Å²) in [6.07, 6.45) is 0. The van der Waals surface area contributed by atoms with Crippen molar-refractivity contribution in [3.63, 3.8) is 0 Å². The molecule has 7 heteroatoms. The summed E-state index contributed by atoms with van der Waals surface area (Å²) in [4.78, 5) is 12.6. The van der Waals surface area contributed by atoms with E-state index < -0.39 is 10.0 Å². The first kappa shape index (κ1) is 18.5. The Morgan fingerprint density at radius 2 is 1.52 bits per heavy atom. The fourth-order valence-corrected chi connectivity index (χ4v) is 3.54. The minimum Gasteiger partial charge on any atom is -0.495 e. The number of carbonyl (C=O) groups excluding carboxylic acids is 1. The normalized spacial score (nSPS) is 10.9. The summed E-state index contributed by atoms with van der Waals surface area (Å²) in [5, 5.41) is 2.76. The molecule has 0 heterocycles. The van der Waals surface area contributed by atoms with E-state index in [4.69, 9.17) is 4.74 Å². The van der Waals surface area contributed by atoms with Gasteiger partial charge in [-0.3, -0.25) is 9.52 Å². The molecule has 0 unspecified atom stereocenters. The number of para-hydroxylation sites is 1. The van der Waals surface area contributed by atoms with Crippen LogP contribution in [0.25, 0.3) is 0 Å². The van der Waals surface area contributed by atoms with Crippen LogP contribution in [0.2, 0.25) is 0 Å². The molecule has 2 N–H and O–H groups in total. The van der Waals surface area contributed by atoms with Gasteiger partial charge in [0.2, 0.25) is 0 Å². The predicted octanol–water partition coefficient (Wildman–Crippen LogP) is 3.75. The number of anilines is 2. The fourth-order valence-electron chi connectivity index (χ4n) is 2.46. The quantitative estimate of drug-likeness (QED) is 0.680. The Bertz CT molecular complexity index is 1040. The molecule has 0 bridgehead atoms. The molecule has 3 aromatic carbocycles. The summed E-state index contributed by atoms with van der Waals surface area (Å²) < 4.78 is 32.9. The van der Waals surface area contributed by atoms with E-state index in [1.165, 1.54) is 25.3 Å². The van der Waals surface area contributed by atoms with Crippen molar-refractivity contribution in [2.75, 3.05) is 17.1 Å². The topological polar surface area (TPSA) is 84.5 Å². The van der Waals surface area contributed by atoms with Crippen LogP contribution in [0, 0.1) is 0 Å². The van der Waals surface area contributed by atoms with Gasteiger partial charge in [0, 0.05) is 11.3 Å². The van der Waals surface area contributed by atoms with Crippen molar-refractivity contribution in [2.45, 2.75) is 4.90 Å². The average molecular weight is 382 g/mol. The lowest BCUT2D eigenvalue weighted by Gasteiger charge is -2.13. The largest absolute Gasteiger partial charge is 0.495 e. The molecule has 3 aromatic rings. The van der Waals surface area contributed by atoms with Gasteiger partial charge >= 0.3 is 0 Å². The lowest BCUT2D eigenvalue weighted by molar-refractivity contribution is 0.102. The summed E-state index contributed by atoms with van der Waals surface area (Å²) in [6.45, 7) is 0. The highest BCUT2D eigenvalue weighted by molar-refractivity contribution is 7.92. The Kier molecular flexibility index (Phi) is 5.42. The third-order valence-electron chi connectivity index (χ3n) is 3.79.